The number of rotatable bonds is 3. The van der Waals surface area contributed by atoms with Crippen LogP contribution in [0.15, 0.2) is 47.5 Å². The first kappa shape index (κ1) is 15.0. The van der Waals surface area contributed by atoms with Gasteiger partial charge in [0.15, 0.2) is 0 Å². The van der Waals surface area contributed by atoms with Gasteiger partial charge in [0.2, 0.25) is 0 Å². The maximum absolute atomic E-state index is 12.3. The fourth-order valence-electron chi connectivity index (χ4n) is 1.64. The monoisotopic (exact) mass is 301 g/mol. The van der Waals surface area contributed by atoms with Crippen LogP contribution >= 0.6 is 0 Å². The lowest BCUT2D eigenvalue weighted by Gasteiger charge is -2.08. The van der Waals surface area contributed by atoms with E-state index in [9.17, 15) is 8.42 Å². The number of nitrogens with two attached hydrogens (primary N) is 1. The molecule has 0 bridgehead atoms. The summed E-state index contributed by atoms with van der Waals surface area (Å²) >= 11 is 0. The number of sulfonamides is 1. The van der Waals surface area contributed by atoms with E-state index < -0.39 is 10.0 Å². The van der Waals surface area contributed by atoms with Gasteiger partial charge in [0, 0.05) is 11.3 Å². The number of nitrogens with zero attached hydrogens (tertiary/aromatic N) is 1. The molecule has 0 unspecified atom stereocenters. The molecule has 0 amide bonds. The van der Waals surface area contributed by atoms with Gasteiger partial charge < -0.3 is 5.73 Å². The first-order chi connectivity index (χ1) is 10.0. The van der Waals surface area contributed by atoms with E-state index in [0.29, 0.717) is 11.3 Å². The fourth-order valence-corrected chi connectivity index (χ4v) is 2.73. The maximum atomic E-state index is 12.3. The summed E-state index contributed by atoms with van der Waals surface area (Å²) in [5, 5.41) is 0. The summed E-state index contributed by atoms with van der Waals surface area (Å²) in [5.41, 5.74) is 7.14. The molecule has 1 aromatic carbocycles. The number of hydrogen-bond donors (Lipinski definition) is 2. The first-order valence-electron chi connectivity index (χ1n) is 6.26. The number of hydrogen-bond acceptors (Lipinski definition) is 4. The normalized spacial score (nSPS) is 10.6. The Bertz CT molecular complexity index is 788. The Hall–Kier alpha value is -2.36. The Morgan fingerprint density at radius 2 is 2.10 bits per heavy atom. The molecule has 0 saturated heterocycles. The third kappa shape index (κ3) is 4.05. The highest BCUT2D eigenvalue weighted by atomic mass is 32.2. The Morgan fingerprint density at radius 3 is 2.76 bits per heavy atom. The molecule has 0 saturated carbocycles. The van der Waals surface area contributed by atoms with E-state index in [-0.39, 0.29) is 11.4 Å². The molecule has 0 spiro atoms. The largest absolute Gasteiger partial charge is 0.320 e. The van der Waals surface area contributed by atoms with Gasteiger partial charge in [-0.05, 0) is 37.3 Å². The molecule has 5 nitrogen and oxygen atoms in total. The van der Waals surface area contributed by atoms with Gasteiger partial charge in [0.1, 0.15) is 0 Å². The average molecular weight is 301 g/mol. The van der Waals surface area contributed by atoms with Crippen molar-refractivity contribution in [3.63, 3.8) is 0 Å². The average Bonchev–Trinajstić information content (AvgIpc) is 2.48. The second-order valence-electron chi connectivity index (χ2n) is 4.33. The van der Waals surface area contributed by atoms with Crippen molar-refractivity contribution in [3.8, 4) is 11.8 Å². The van der Waals surface area contributed by atoms with E-state index in [4.69, 9.17) is 5.73 Å². The summed E-state index contributed by atoms with van der Waals surface area (Å²) in [6.07, 6.45) is 1.48. The van der Waals surface area contributed by atoms with E-state index in [1.807, 2.05) is 6.92 Å². The van der Waals surface area contributed by atoms with Crippen molar-refractivity contribution in [2.45, 2.75) is 11.8 Å². The highest BCUT2D eigenvalue weighted by molar-refractivity contribution is 7.92. The molecule has 0 radical (unpaired) electrons. The molecule has 0 aliphatic rings. The molecule has 0 atom stereocenters. The van der Waals surface area contributed by atoms with Crippen molar-refractivity contribution in [1.82, 2.24) is 4.98 Å². The van der Waals surface area contributed by atoms with Gasteiger partial charge in [-0.15, -0.1) is 0 Å². The molecule has 3 N–H and O–H groups in total. The molecule has 0 aliphatic carbocycles. The zero-order valence-electron chi connectivity index (χ0n) is 11.5. The van der Waals surface area contributed by atoms with Crippen LogP contribution in [0.25, 0.3) is 0 Å². The van der Waals surface area contributed by atoms with Crippen LogP contribution in [-0.2, 0) is 10.0 Å². The lowest BCUT2D eigenvalue weighted by atomic mass is 10.2. The van der Waals surface area contributed by atoms with Crippen LogP contribution in [0.1, 0.15) is 11.3 Å². The van der Waals surface area contributed by atoms with Crippen LogP contribution in [0.2, 0.25) is 0 Å². The Balaban J connectivity index is 2.29. The summed E-state index contributed by atoms with van der Waals surface area (Å²) < 4.78 is 27.1. The number of pyridine rings is 1. The highest BCUT2D eigenvalue weighted by Gasteiger charge is 2.14. The van der Waals surface area contributed by atoms with Crippen molar-refractivity contribution in [3.05, 3.63) is 53.9 Å². The summed E-state index contributed by atoms with van der Waals surface area (Å²) in [5.74, 6) is 5.50. The summed E-state index contributed by atoms with van der Waals surface area (Å²) in [6.45, 7) is 2.06. The Labute approximate surface area is 124 Å². The third-order valence-electron chi connectivity index (χ3n) is 2.64. The fraction of sp³-hybridized carbons (Fsp3) is 0.133. The van der Waals surface area contributed by atoms with Gasteiger partial charge in [0.05, 0.1) is 23.3 Å². The molecule has 1 heterocycles. The third-order valence-corrected chi connectivity index (χ3v) is 4.02. The topological polar surface area (TPSA) is 85.1 Å². The second-order valence-corrected chi connectivity index (χ2v) is 6.01. The molecule has 6 heteroatoms. The van der Waals surface area contributed by atoms with E-state index in [1.54, 1.807) is 24.3 Å². The van der Waals surface area contributed by atoms with Gasteiger partial charge in [-0.25, -0.2) is 8.42 Å². The van der Waals surface area contributed by atoms with Gasteiger partial charge in [-0.2, -0.15) is 0 Å². The Kier molecular flexibility index (Phi) is 4.58. The molecule has 2 rings (SSSR count). The van der Waals surface area contributed by atoms with Gasteiger partial charge in [0.25, 0.3) is 10.0 Å². The SMILES string of the molecule is Cc1ccc(NS(=O)(=O)c2cccc(C#CCN)c2)cn1. The van der Waals surface area contributed by atoms with Crippen molar-refractivity contribution in [1.29, 1.82) is 0 Å². The molecule has 1 aromatic heterocycles. The summed E-state index contributed by atoms with van der Waals surface area (Å²) in [7, 11) is -3.66. The predicted molar refractivity (Wildman–Crippen MR) is 82.2 cm³/mol. The van der Waals surface area contributed by atoms with E-state index in [0.717, 1.165) is 5.69 Å². The highest BCUT2D eigenvalue weighted by Crippen LogP contribution is 2.16. The number of benzene rings is 1. The van der Waals surface area contributed by atoms with Crippen LogP contribution in [0.4, 0.5) is 5.69 Å². The number of nitrogens with one attached hydrogen (secondary N) is 1. The van der Waals surface area contributed by atoms with Gasteiger partial charge in [-0.1, -0.05) is 17.9 Å². The van der Waals surface area contributed by atoms with E-state index in [1.165, 1.54) is 18.3 Å². The molecule has 2 aromatic rings. The Morgan fingerprint density at radius 1 is 1.29 bits per heavy atom. The van der Waals surface area contributed by atoms with E-state index in [2.05, 4.69) is 21.5 Å². The first-order valence-corrected chi connectivity index (χ1v) is 7.74. The minimum absolute atomic E-state index is 0.145. The van der Waals surface area contributed by atoms with E-state index >= 15 is 0 Å². The predicted octanol–water partition coefficient (Wildman–Crippen LogP) is 1.50. The summed E-state index contributed by atoms with van der Waals surface area (Å²) in [4.78, 5) is 4.20. The van der Waals surface area contributed by atoms with Gasteiger partial charge in [-0.3, -0.25) is 9.71 Å². The standard InChI is InChI=1S/C15H15N3O2S/c1-12-7-8-14(11-17-12)18-21(19,20)15-6-2-4-13(10-15)5-3-9-16/h2,4,6-8,10-11,18H,9,16H2,1H3. The smallest absolute Gasteiger partial charge is 0.261 e. The number of anilines is 1. The molecular formula is C15H15N3O2S. The molecule has 0 fully saturated rings. The molecule has 108 valence electrons. The zero-order chi connectivity index (χ0) is 15.3. The minimum atomic E-state index is -3.66. The zero-order valence-corrected chi connectivity index (χ0v) is 12.3. The van der Waals surface area contributed by atoms with Crippen molar-refractivity contribution in [2.24, 2.45) is 5.73 Å². The van der Waals surface area contributed by atoms with Gasteiger partial charge >= 0.3 is 0 Å². The summed E-state index contributed by atoms with van der Waals surface area (Å²) in [6, 6.07) is 9.79. The molecule has 21 heavy (non-hydrogen) atoms. The van der Waals surface area contributed by atoms with Crippen LogP contribution < -0.4 is 10.5 Å². The lowest BCUT2D eigenvalue weighted by molar-refractivity contribution is 0.601. The lowest BCUT2D eigenvalue weighted by Crippen LogP contribution is -2.13. The van der Waals surface area contributed by atoms with Crippen molar-refractivity contribution >= 4 is 15.7 Å². The maximum Gasteiger partial charge on any atom is 0.261 e. The van der Waals surface area contributed by atoms with Crippen molar-refractivity contribution < 1.29 is 8.42 Å². The van der Waals surface area contributed by atoms with Crippen LogP contribution in [-0.4, -0.2) is 19.9 Å². The molecule has 0 aliphatic heterocycles. The second kappa shape index (κ2) is 6.39. The number of aromatic nitrogens is 1. The quantitative estimate of drug-likeness (QED) is 0.841. The molecular weight excluding hydrogens is 286 g/mol. The minimum Gasteiger partial charge on any atom is -0.320 e. The van der Waals surface area contributed by atoms with Crippen LogP contribution in [0, 0.1) is 18.8 Å². The van der Waals surface area contributed by atoms with Crippen molar-refractivity contribution in [2.75, 3.05) is 11.3 Å². The number of aryl methyl sites for hydroxylation is 1. The van der Waals surface area contributed by atoms with Crippen LogP contribution in [0.3, 0.4) is 0 Å². The van der Waals surface area contributed by atoms with Crippen LogP contribution in [0.5, 0.6) is 0 Å².